The number of pyridine rings is 1. The van der Waals surface area contributed by atoms with Gasteiger partial charge in [-0.1, -0.05) is 13.3 Å². The largest absolute Gasteiger partial charge is 0.508 e. The van der Waals surface area contributed by atoms with Crippen molar-refractivity contribution < 1.29 is 5.11 Å². The van der Waals surface area contributed by atoms with Crippen LogP contribution in [-0.2, 0) is 0 Å². The normalized spacial score (nSPS) is 12.7. The van der Waals surface area contributed by atoms with Gasteiger partial charge in [0.05, 0.1) is 6.04 Å². The summed E-state index contributed by atoms with van der Waals surface area (Å²) in [5.74, 6) is 0.311. The Kier molecular flexibility index (Phi) is 3.42. The van der Waals surface area contributed by atoms with E-state index in [1.54, 1.807) is 12.1 Å². The number of nitrogens with zero attached hydrogens (tertiary/aromatic N) is 2. The number of aromatic nitrogens is 2. The van der Waals surface area contributed by atoms with Crippen LogP contribution < -0.4 is 0 Å². The van der Waals surface area contributed by atoms with E-state index in [4.69, 9.17) is 0 Å². The number of aromatic hydroxyl groups is 1. The van der Waals surface area contributed by atoms with Crippen LogP contribution in [0.3, 0.4) is 0 Å². The lowest BCUT2D eigenvalue weighted by Gasteiger charge is -2.20. The summed E-state index contributed by atoms with van der Waals surface area (Å²) in [4.78, 5) is 4.10. The highest BCUT2D eigenvalue weighted by Gasteiger charge is 2.14. The van der Waals surface area contributed by atoms with Crippen LogP contribution in [0.1, 0.15) is 31.4 Å². The van der Waals surface area contributed by atoms with Gasteiger partial charge in [-0.2, -0.15) is 0 Å². The molecule has 1 N–H and O–H groups in total. The van der Waals surface area contributed by atoms with Gasteiger partial charge in [-0.15, -0.1) is 0 Å². The fourth-order valence-corrected chi connectivity index (χ4v) is 2.75. The van der Waals surface area contributed by atoms with Gasteiger partial charge in [-0.25, -0.2) is 0 Å². The number of benzene rings is 1. The summed E-state index contributed by atoms with van der Waals surface area (Å²) >= 11 is 0. The first-order valence-corrected chi connectivity index (χ1v) is 6.99. The summed E-state index contributed by atoms with van der Waals surface area (Å²) < 4.78 is 2.29. The monoisotopic (exact) mass is 266 g/mol. The minimum atomic E-state index is 0.310. The van der Waals surface area contributed by atoms with Crippen molar-refractivity contribution >= 4 is 10.9 Å². The quantitative estimate of drug-likeness (QED) is 0.771. The van der Waals surface area contributed by atoms with E-state index in [-0.39, 0.29) is 0 Å². The van der Waals surface area contributed by atoms with Crippen molar-refractivity contribution in [1.29, 1.82) is 0 Å². The van der Waals surface area contributed by atoms with Crippen LogP contribution in [0, 0.1) is 0 Å². The molecule has 1 atom stereocenters. The zero-order chi connectivity index (χ0) is 13.9. The van der Waals surface area contributed by atoms with Crippen LogP contribution in [0.25, 0.3) is 10.9 Å². The number of hydrogen-bond acceptors (Lipinski definition) is 2. The summed E-state index contributed by atoms with van der Waals surface area (Å²) in [5, 5.41) is 10.7. The third-order valence-corrected chi connectivity index (χ3v) is 3.69. The number of hydrogen-bond donors (Lipinski definition) is 1. The molecule has 0 aliphatic heterocycles. The lowest BCUT2D eigenvalue weighted by Crippen LogP contribution is -2.09. The smallest absolute Gasteiger partial charge is 0.116 e. The molecule has 3 aromatic rings. The number of phenols is 1. The van der Waals surface area contributed by atoms with Gasteiger partial charge in [0.25, 0.3) is 0 Å². The van der Waals surface area contributed by atoms with Crippen LogP contribution in [-0.4, -0.2) is 14.7 Å². The molecule has 0 saturated carbocycles. The molecular formula is C17H18N2O. The summed E-state index contributed by atoms with van der Waals surface area (Å²) in [5.41, 5.74) is 2.42. The highest BCUT2D eigenvalue weighted by molar-refractivity contribution is 5.81. The molecular weight excluding hydrogens is 248 g/mol. The summed E-state index contributed by atoms with van der Waals surface area (Å²) in [6, 6.07) is 12.0. The van der Waals surface area contributed by atoms with Crippen LogP contribution in [0.4, 0.5) is 0 Å². The van der Waals surface area contributed by atoms with E-state index in [0.29, 0.717) is 11.8 Å². The molecule has 3 rings (SSSR count). The molecule has 0 radical (unpaired) electrons. The van der Waals surface area contributed by atoms with Gasteiger partial charge in [0.1, 0.15) is 5.75 Å². The predicted molar refractivity (Wildman–Crippen MR) is 80.9 cm³/mol. The summed E-state index contributed by atoms with van der Waals surface area (Å²) in [6.07, 6.45) is 7.98. The fourth-order valence-electron chi connectivity index (χ4n) is 2.75. The van der Waals surface area contributed by atoms with E-state index in [2.05, 4.69) is 40.9 Å². The Labute approximate surface area is 118 Å². The van der Waals surface area contributed by atoms with Gasteiger partial charge < -0.3 is 9.67 Å². The maximum absolute atomic E-state index is 9.58. The second-order valence-electron chi connectivity index (χ2n) is 5.05. The van der Waals surface area contributed by atoms with Gasteiger partial charge in [0.15, 0.2) is 0 Å². The zero-order valence-corrected chi connectivity index (χ0v) is 11.5. The number of rotatable bonds is 4. The maximum Gasteiger partial charge on any atom is 0.116 e. The Hall–Kier alpha value is -2.29. The molecule has 0 spiro atoms. The molecule has 0 amide bonds. The minimum Gasteiger partial charge on any atom is -0.508 e. The lowest BCUT2D eigenvalue weighted by molar-refractivity contribution is 0.476. The molecule has 2 heterocycles. The van der Waals surface area contributed by atoms with Crippen molar-refractivity contribution in [1.82, 2.24) is 9.55 Å². The maximum atomic E-state index is 9.58. The topological polar surface area (TPSA) is 38.0 Å². The van der Waals surface area contributed by atoms with Crippen LogP contribution >= 0.6 is 0 Å². The third-order valence-electron chi connectivity index (χ3n) is 3.69. The van der Waals surface area contributed by atoms with E-state index in [9.17, 15) is 5.11 Å². The van der Waals surface area contributed by atoms with Crippen molar-refractivity contribution in [2.24, 2.45) is 0 Å². The molecule has 2 aromatic heterocycles. The number of phenolic OH excluding ortho intramolecular Hbond substituents is 1. The summed E-state index contributed by atoms with van der Waals surface area (Å²) in [6.45, 7) is 2.20. The lowest BCUT2D eigenvalue weighted by atomic mass is 10.0. The molecule has 0 aliphatic rings. The Bertz CT molecular complexity index is 703. The van der Waals surface area contributed by atoms with Crippen molar-refractivity contribution in [2.75, 3.05) is 0 Å². The standard InChI is InChI=1S/C17H18N2O/c1-2-3-16(13-6-9-18-10-7-13)19-11-8-14-12-15(20)4-5-17(14)19/h4-12,16,20H,2-3H2,1H3. The average Bonchev–Trinajstić information content (AvgIpc) is 2.88. The van der Waals surface area contributed by atoms with Crippen LogP contribution in [0.5, 0.6) is 5.75 Å². The van der Waals surface area contributed by atoms with Crippen LogP contribution in [0.15, 0.2) is 55.0 Å². The molecule has 1 aromatic carbocycles. The van der Waals surface area contributed by atoms with Gasteiger partial charge in [0.2, 0.25) is 0 Å². The van der Waals surface area contributed by atoms with Gasteiger partial charge in [-0.3, -0.25) is 4.98 Å². The molecule has 3 heteroatoms. The van der Waals surface area contributed by atoms with E-state index < -0.39 is 0 Å². The second-order valence-corrected chi connectivity index (χ2v) is 5.05. The number of fused-ring (bicyclic) bond motifs is 1. The molecule has 102 valence electrons. The average molecular weight is 266 g/mol. The Balaban J connectivity index is 2.10. The molecule has 0 fully saturated rings. The first-order valence-electron chi connectivity index (χ1n) is 6.99. The minimum absolute atomic E-state index is 0.310. The third kappa shape index (κ3) is 2.27. The second kappa shape index (κ2) is 5.37. The first kappa shape index (κ1) is 12.7. The Morgan fingerprint density at radius 1 is 1.15 bits per heavy atom. The van der Waals surface area contributed by atoms with Crippen LogP contribution in [0.2, 0.25) is 0 Å². The SMILES string of the molecule is CCCC(c1ccncc1)n1ccc2cc(O)ccc21. The molecule has 20 heavy (non-hydrogen) atoms. The first-order chi connectivity index (χ1) is 9.79. The van der Waals surface area contributed by atoms with E-state index >= 15 is 0 Å². The molecule has 0 aliphatic carbocycles. The van der Waals surface area contributed by atoms with Gasteiger partial charge in [0, 0.05) is 29.5 Å². The van der Waals surface area contributed by atoms with Gasteiger partial charge >= 0.3 is 0 Å². The zero-order valence-electron chi connectivity index (χ0n) is 11.5. The van der Waals surface area contributed by atoms with Crippen molar-refractivity contribution in [3.05, 3.63) is 60.6 Å². The Morgan fingerprint density at radius 2 is 1.95 bits per heavy atom. The van der Waals surface area contributed by atoms with Crippen molar-refractivity contribution in [2.45, 2.75) is 25.8 Å². The Morgan fingerprint density at radius 3 is 2.70 bits per heavy atom. The molecule has 0 saturated heterocycles. The van der Waals surface area contributed by atoms with E-state index in [1.165, 1.54) is 5.56 Å². The molecule has 3 nitrogen and oxygen atoms in total. The highest BCUT2D eigenvalue weighted by Crippen LogP contribution is 2.29. The fraction of sp³-hybridized carbons (Fsp3) is 0.235. The highest BCUT2D eigenvalue weighted by atomic mass is 16.3. The van der Waals surface area contributed by atoms with Crippen molar-refractivity contribution in [3.8, 4) is 5.75 Å². The van der Waals surface area contributed by atoms with Crippen molar-refractivity contribution in [3.63, 3.8) is 0 Å². The predicted octanol–water partition coefficient (Wildman–Crippen LogP) is 4.13. The van der Waals surface area contributed by atoms with E-state index in [0.717, 1.165) is 23.7 Å². The summed E-state index contributed by atoms with van der Waals surface area (Å²) in [7, 11) is 0. The molecule has 0 bridgehead atoms. The van der Waals surface area contributed by atoms with Gasteiger partial charge in [-0.05, 0) is 48.4 Å². The van der Waals surface area contributed by atoms with E-state index in [1.807, 2.05) is 18.5 Å². The molecule has 1 unspecified atom stereocenters.